The van der Waals surface area contributed by atoms with Crippen molar-refractivity contribution in [3.8, 4) is 5.75 Å². The first kappa shape index (κ1) is 16.9. The molecule has 1 aliphatic rings. The number of hydrogen-bond acceptors (Lipinski definition) is 4. The molecule has 0 aliphatic carbocycles. The fourth-order valence-electron chi connectivity index (χ4n) is 3.43. The Hall–Kier alpha value is -1.91. The molecule has 1 fully saturated rings. The predicted octanol–water partition coefficient (Wildman–Crippen LogP) is 3.23. The molecule has 1 aromatic carbocycles. The van der Waals surface area contributed by atoms with Crippen LogP contribution in [0.2, 0.25) is 0 Å². The maximum Gasteiger partial charge on any atom is 0.123 e. The van der Waals surface area contributed by atoms with Gasteiger partial charge in [0.1, 0.15) is 5.75 Å². The van der Waals surface area contributed by atoms with Crippen molar-refractivity contribution in [1.82, 2.24) is 15.2 Å². The number of benzene rings is 1. The third-order valence-corrected chi connectivity index (χ3v) is 4.72. The van der Waals surface area contributed by atoms with E-state index in [1.54, 1.807) is 7.11 Å². The zero-order chi connectivity index (χ0) is 16.6. The largest absolute Gasteiger partial charge is 0.496 e. The molecule has 0 spiro atoms. The highest BCUT2D eigenvalue weighted by Crippen LogP contribution is 2.24. The molecular weight excluding hydrogens is 298 g/mol. The zero-order valence-corrected chi connectivity index (χ0v) is 14.4. The summed E-state index contributed by atoms with van der Waals surface area (Å²) < 4.78 is 5.55. The molecule has 1 saturated heterocycles. The zero-order valence-electron chi connectivity index (χ0n) is 14.4. The monoisotopic (exact) mass is 325 g/mol. The number of nitrogens with zero attached hydrogens (tertiary/aromatic N) is 2. The Morgan fingerprint density at radius 2 is 1.96 bits per heavy atom. The van der Waals surface area contributed by atoms with Gasteiger partial charge in [-0.25, -0.2) is 0 Å². The van der Waals surface area contributed by atoms with E-state index in [0.717, 1.165) is 37.6 Å². The first-order valence-corrected chi connectivity index (χ1v) is 8.83. The molecule has 0 bridgehead atoms. The van der Waals surface area contributed by atoms with Crippen LogP contribution in [-0.2, 0) is 13.1 Å². The summed E-state index contributed by atoms with van der Waals surface area (Å²) in [6.07, 6.45) is 5.53. The molecule has 0 saturated carbocycles. The molecule has 1 aromatic heterocycles. The van der Waals surface area contributed by atoms with Crippen molar-refractivity contribution >= 4 is 0 Å². The fourth-order valence-corrected chi connectivity index (χ4v) is 3.43. The molecule has 0 amide bonds. The molecule has 24 heavy (non-hydrogen) atoms. The summed E-state index contributed by atoms with van der Waals surface area (Å²) in [6, 6.07) is 15.1. The molecule has 4 nitrogen and oxygen atoms in total. The Balaban J connectivity index is 1.80. The second-order valence-electron chi connectivity index (χ2n) is 6.37. The van der Waals surface area contributed by atoms with Gasteiger partial charge in [-0.2, -0.15) is 0 Å². The summed E-state index contributed by atoms with van der Waals surface area (Å²) in [6.45, 7) is 3.99. The first-order chi connectivity index (χ1) is 11.9. The lowest BCUT2D eigenvalue weighted by Crippen LogP contribution is -2.35. The summed E-state index contributed by atoms with van der Waals surface area (Å²) in [4.78, 5) is 7.10. The standard InChI is InChI=1S/C20H27N3O/c1-24-20-10-3-2-7-17(20)15-23(16-18-8-4-5-13-22-18)19-9-6-12-21-14-11-19/h2-5,7-8,10,13,19,21H,6,9,11-12,14-16H2,1H3. The van der Waals surface area contributed by atoms with E-state index in [4.69, 9.17) is 4.74 Å². The Bertz CT molecular complexity index is 609. The van der Waals surface area contributed by atoms with Crippen LogP contribution in [0.1, 0.15) is 30.5 Å². The summed E-state index contributed by atoms with van der Waals surface area (Å²) in [5, 5.41) is 3.52. The van der Waals surface area contributed by atoms with E-state index < -0.39 is 0 Å². The second-order valence-corrected chi connectivity index (χ2v) is 6.37. The third kappa shape index (κ3) is 4.56. The van der Waals surface area contributed by atoms with Gasteiger partial charge in [-0.3, -0.25) is 9.88 Å². The number of aromatic nitrogens is 1. The number of nitrogens with one attached hydrogen (secondary N) is 1. The Labute approximate surface area is 144 Å². The topological polar surface area (TPSA) is 37.4 Å². The van der Waals surface area contributed by atoms with E-state index in [1.165, 1.54) is 24.8 Å². The van der Waals surface area contributed by atoms with Gasteiger partial charge in [0.15, 0.2) is 0 Å². The fraction of sp³-hybridized carbons (Fsp3) is 0.450. The van der Waals surface area contributed by atoms with Gasteiger partial charge in [-0.15, -0.1) is 0 Å². The normalized spacial score (nSPS) is 18.3. The summed E-state index contributed by atoms with van der Waals surface area (Å²) >= 11 is 0. The van der Waals surface area contributed by atoms with Crippen LogP contribution in [0.25, 0.3) is 0 Å². The summed E-state index contributed by atoms with van der Waals surface area (Å²) in [5.41, 5.74) is 2.37. The van der Waals surface area contributed by atoms with Crippen LogP contribution in [0.5, 0.6) is 5.75 Å². The van der Waals surface area contributed by atoms with Gasteiger partial charge in [-0.1, -0.05) is 24.3 Å². The highest BCUT2D eigenvalue weighted by molar-refractivity contribution is 5.33. The Morgan fingerprint density at radius 3 is 2.79 bits per heavy atom. The minimum Gasteiger partial charge on any atom is -0.496 e. The lowest BCUT2D eigenvalue weighted by Gasteiger charge is -2.31. The molecule has 2 heterocycles. The smallest absolute Gasteiger partial charge is 0.123 e. The number of pyridine rings is 1. The number of rotatable bonds is 6. The van der Waals surface area contributed by atoms with E-state index in [1.807, 2.05) is 24.4 Å². The number of hydrogen-bond donors (Lipinski definition) is 1. The van der Waals surface area contributed by atoms with Gasteiger partial charge in [0, 0.05) is 30.9 Å². The predicted molar refractivity (Wildman–Crippen MR) is 97.0 cm³/mol. The lowest BCUT2D eigenvalue weighted by atomic mass is 10.0. The molecular formula is C20H27N3O. The minimum atomic E-state index is 0.576. The van der Waals surface area contributed by atoms with Crippen LogP contribution < -0.4 is 10.1 Å². The van der Waals surface area contributed by atoms with Crippen molar-refractivity contribution in [2.24, 2.45) is 0 Å². The van der Waals surface area contributed by atoms with E-state index in [-0.39, 0.29) is 0 Å². The van der Waals surface area contributed by atoms with Gasteiger partial charge >= 0.3 is 0 Å². The maximum absolute atomic E-state index is 5.55. The van der Waals surface area contributed by atoms with Crippen molar-refractivity contribution < 1.29 is 4.74 Å². The Kier molecular flexibility index (Phi) is 6.21. The number of para-hydroxylation sites is 1. The van der Waals surface area contributed by atoms with Gasteiger partial charge in [0.05, 0.1) is 12.8 Å². The van der Waals surface area contributed by atoms with Crippen LogP contribution in [-0.4, -0.2) is 36.1 Å². The summed E-state index contributed by atoms with van der Waals surface area (Å²) in [7, 11) is 1.75. The molecule has 2 aromatic rings. The van der Waals surface area contributed by atoms with Crippen LogP contribution >= 0.6 is 0 Å². The highest BCUT2D eigenvalue weighted by Gasteiger charge is 2.21. The van der Waals surface area contributed by atoms with Crippen molar-refractivity contribution in [2.45, 2.75) is 38.4 Å². The number of methoxy groups -OCH3 is 1. The van der Waals surface area contributed by atoms with Crippen LogP contribution in [0.15, 0.2) is 48.7 Å². The van der Waals surface area contributed by atoms with Crippen molar-refractivity contribution in [3.05, 3.63) is 59.9 Å². The highest BCUT2D eigenvalue weighted by atomic mass is 16.5. The van der Waals surface area contributed by atoms with Gasteiger partial charge in [0.2, 0.25) is 0 Å². The van der Waals surface area contributed by atoms with E-state index in [0.29, 0.717) is 6.04 Å². The number of ether oxygens (including phenoxy) is 1. The van der Waals surface area contributed by atoms with Crippen LogP contribution in [0.4, 0.5) is 0 Å². The van der Waals surface area contributed by atoms with Crippen molar-refractivity contribution in [1.29, 1.82) is 0 Å². The molecule has 4 heteroatoms. The quantitative estimate of drug-likeness (QED) is 0.885. The lowest BCUT2D eigenvalue weighted by molar-refractivity contribution is 0.160. The molecule has 3 rings (SSSR count). The van der Waals surface area contributed by atoms with Crippen LogP contribution in [0, 0.1) is 0 Å². The summed E-state index contributed by atoms with van der Waals surface area (Å²) in [5.74, 6) is 0.968. The molecule has 1 N–H and O–H groups in total. The van der Waals surface area contributed by atoms with Crippen LogP contribution in [0.3, 0.4) is 0 Å². The molecule has 1 unspecified atom stereocenters. The third-order valence-electron chi connectivity index (χ3n) is 4.72. The average molecular weight is 325 g/mol. The average Bonchev–Trinajstić information content (AvgIpc) is 2.92. The first-order valence-electron chi connectivity index (χ1n) is 8.83. The van der Waals surface area contributed by atoms with E-state index >= 15 is 0 Å². The molecule has 1 atom stereocenters. The Morgan fingerprint density at radius 1 is 1.08 bits per heavy atom. The van der Waals surface area contributed by atoms with Crippen molar-refractivity contribution in [2.75, 3.05) is 20.2 Å². The van der Waals surface area contributed by atoms with E-state index in [9.17, 15) is 0 Å². The SMILES string of the molecule is COc1ccccc1CN(Cc1ccccn1)C1CCCNCC1. The molecule has 0 radical (unpaired) electrons. The van der Waals surface area contributed by atoms with Crippen molar-refractivity contribution in [3.63, 3.8) is 0 Å². The van der Waals surface area contributed by atoms with Gasteiger partial charge in [0.25, 0.3) is 0 Å². The molecule has 128 valence electrons. The maximum atomic E-state index is 5.55. The minimum absolute atomic E-state index is 0.576. The van der Waals surface area contributed by atoms with Gasteiger partial charge < -0.3 is 10.1 Å². The second kappa shape index (κ2) is 8.81. The van der Waals surface area contributed by atoms with E-state index in [2.05, 4.69) is 39.5 Å². The molecule has 1 aliphatic heterocycles. The van der Waals surface area contributed by atoms with Gasteiger partial charge in [-0.05, 0) is 50.6 Å².